The summed E-state index contributed by atoms with van der Waals surface area (Å²) in [6.07, 6.45) is 6.66. The van der Waals surface area contributed by atoms with Gasteiger partial charge in [0, 0.05) is 44.6 Å². The molecule has 0 saturated carbocycles. The van der Waals surface area contributed by atoms with Gasteiger partial charge in [-0.1, -0.05) is 59.7 Å². The lowest BCUT2D eigenvalue weighted by atomic mass is 10.1. The Hall–Kier alpha value is -3.13. The van der Waals surface area contributed by atoms with Gasteiger partial charge in [0.05, 0.1) is 6.54 Å². The van der Waals surface area contributed by atoms with Crippen LogP contribution < -0.4 is 5.32 Å². The van der Waals surface area contributed by atoms with Crippen molar-refractivity contribution in [3.63, 3.8) is 0 Å². The molecule has 1 fully saturated rings. The molecule has 2 aromatic carbocycles. The van der Waals surface area contributed by atoms with Gasteiger partial charge in [-0.15, -0.1) is 10.2 Å². The molecular formula is C32H45N5O2S. The quantitative estimate of drug-likeness (QED) is 0.222. The molecule has 1 N–H and O–H groups in total. The topological polar surface area (TPSA) is 80.1 Å². The number of nitrogens with zero attached hydrogens (tertiary/aromatic N) is 4. The van der Waals surface area contributed by atoms with Gasteiger partial charge >= 0.3 is 0 Å². The average molecular weight is 564 g/mol. The van der Waals surface area contributed by atoms with E-state index in [-0.39, 0.29) is 11.8 Å². The number of amides is 2. The van der Waals surface area contributed by atoms with Crippen LogP contribution >= 0.6 is 12.6 Å². The van der Waals surface area contributed by atoms with E-state index in [1.165, 1.54) is 22.3 Å². The summed E-state index contributed by atoms with van der Waals surface area (Å²) < 4.78 is 2.15. The minimum Gasteiger partial charge on any atom is -0.356 e. The molecule has 0 spiro atoms. The number of benzene rings is 2. The van der Waals surface area contributed by atoms with E-state index in [1.807, 2.05) is 30.0 Å². The minimum absolute atomic E-state index is 0.0851. The van der Waals surface area contributed by atoms with Gasteiger partial charge in [0.1, 0.15) is 11.6 Å². The van der Waals surface area contributed by atoms with Crippen molar-refractivity contribution in [2.24, 2.45) is 0 Å². The molecule has 2 amide bonds. The molecule has 2 heterocycles. The number of unbranched alkanes of at least 4 members (excludes halogenated alkanes) is 1. The first kappa shape index (κ1) is 31.4. The van der Waals surface area contributed by atoms with Crippen LogP contribution in [0.15, 0.2) is 48.5 Å². The summed E-state index contributed by atoms with van der Waals surface area (Å²) in [7, 11) is 0. The van der Waals surface area contributed by atoms with Crippen molar-refractivity contribution in [3.8, 4) is 0 Å². The van der Waals surface area contributed by atoms with Crippen LogP contribution in [0.4, 0.5) is 0 Å². The van der Waals surface area contributed by atoms with E-state index in [9.17, 15) is 9.59 Å². The van der Waals surface area contributed by atoms with Gasteiger partial charge in [-0.05, 0) is 64.0 Å². The van der Waals surface area contributed by atoms with Crippen LogP contribution in [-0.2, 0) is 28.3 Å². The molecule has 1 saturated heterocycles. The van der Waals surface area contributed by atoms with E-state index in [0.29, 0.717) is 19.4 Å². The number of piperidine rings is 1. The average Bonchev–Trinajstić information content (AvgIpc) is 3.29. The fourth-order valence-electron chi connectivity index (χ4n) is 4.99. The number of rotatable bonds is 12. The molecule has 3 aromatic rings. The Morgan fingerprint density at radius 2 is 1.70 bits per heavy atom. The monoisotopic (exact) mass is 563 g/mol. The first-order valence-corrected chi connectivity index (χ1v) is 15.1. The normalized spacial score (nSPS) is 13.1. The molecule has 7 nitrogen and oxygen atoms in total. The number of thiol groups is 1. The second-order valence-electron chi connectivity index (χ2n) is 10.6. The number of nitrogens with one attached hydrogen (secondary N) is 1. The summed E-state index contributed by atoms with van der Waals surface area (Å²) in [5.41, 5.74) is 5.18. The molecule has 40 heavy (non-hydrogen) atoms. The van der Waals surface area contributed by atoms with Crippen molar-refractivity contribution in [1.29, 1.82) is 0 Å². The van der Waals surface area contributed by atoms with Crippen LogP contribution in [0.5, 0.6) is 0 Å². The number of hydrogen-bond donors (Lipinski definition) is 2. The van der Waals surface area contributed by atoms with Gasteiger partial charge in [0.2, 0.25) is 11.8 Å². The molecule has 0 aliphatic carbocycles. The molecule has 1 aliphatic rings. The summed E-state index contributed by atoms with van der Waals surface area (Å²) in [4.78, 5) is 25.7. The highest BCUT2D eigenvalue weighted by Gasteiger charge is 2.17. The fraction of sp³-hybridized carbons (Fsp3) is 0.500. The van der Waals surface area contributed by atoms with E-state index in [4.69, 9.17) is 0 Å². The first-order valence-electron chi connectivity index (χ1n) is 14.5. The third-order valence-electron chi connectivity index (χ3n) is 7.06. The number of hydrogen-bond acceptors (Lipinski definition) is 5. The van der Waals surface area contributed by atoms with Gasteiger partial charge in [-0.3, -0.25) is 9.59 Å². The Morgan fingerprint density at radius 1 is 0.950 bits per heavy atom. The van der Waals surface area contributed by atoms with E-state index >= 15 is 0 Å². The van der Waals surface area contributed by atoms with E-state index in [0.717, 1.165) is 75.6 Å². The van der Waals surface area contributed by atoms with Gasteiger partial charge < -0.3 is 14.8 Å². The SMILES string of the molecule is Cc1cc(C)cc(CS)c1.Cc1nnc(CCCCC(=O)NCCCN2CCCCC2=O)n1Cc1ccccc1. The van der Waals surface area contributed by atoms with Gasteiger partial charge in [0.25, 0.3) is 0 Å². The lowest BCUT2D eigenvalue weighted by Crippen LogP contribution is -2.37. The molecule has 216 valence electrons. The van der Waals surface area contributed by atoms with Crippen molar-refractivity contribution in [2.75, 3.05) is 19.6 Å². The number of carbonyl (C=O) groups is 2. The molecule has 8 heteroatoms. The summed E-state index contributed by atoms with van der Waals surface area (Å²) in [5.74, 6) is 3.06. The standard InChI is InChI=1S/C23H33N5O2.C9H12S/c1-19-25-26-21(28(19)18-20-10-3-2-4-11-20)12-5-6-13-22(29)24-15-9-17-27-16-8-7-14-23(27)30;1-7-3-8(2)5-9(4-7)6-10/h2-4,10-11H,5-9,12-18H2,1H3,(H,24,29);3-5,10H,6H2,1-2H3. The van der Waals surface area contributed by atoms with Gasteiger partial charge in [-0.2, -0.15) is 12.6 Å². The molecule has 0 radical (unpaired) electrons. The first-order chi connectivity index (χ1) is 19.4. The fourth-order valence-corrected chi connectivity index (χ4v) is 5.18. The Bertz CT molecular complexity index is 1190. The highest BCUT2D eigenvalue weighted by Crippen LogP contribution is 2.12. The lowest BCUT2D eigenvalue weighted by molar-refractivity contribution is -0.133. The molecule has 0 atom stereocenters. The van der Waals surface area contributed by atoms with E-state index < -0.39 is 0 Å². The second-order valence-corrected chi connectivity index (χ2v) is 11.0. The van der Waals surface area contributed by atoms with E-state index in [2.05, 4.69) is 76.9 Å². The molecule has 0 unspecified atom stereocenters. The summed E-state index contributed by atoms with van der Waals surface area (Å²) >= 11 is 4.20. The van der Waals surface area contributed by atoms with Crippen molar-refractivity contribution in [2.45, 2.75) is 84.4 Å². The highest BCUT2D eigenvalue weighted by molar-refractivity contribution is 7.79. The van der Waals surface area contributed by atoms with Crippen molar-refractivity contribution < 1.29 is 9.59 Å². The zero-order chi connectivity index (χ0) is 28.7. The van der Waals surface area contributed by atoms with Crippen LogP contribution in [0, 0.1) is 20.8 Å². The maximum absolute atomic E-state index is 12.1. The number of aromatic nitrogens is 3. The lowest BCUT2D eigenvalue weighted by Gasteiger charge is -2.26. The van der Waals surface area contributed by atoms with Crippen LogP contribution in [-0.4, -0.2) is 51.1 Å². The highest BCUT2D eigenvalue weighted by atomic mass is 32.1. The van der Waals surface area contributed by atoms with Gasteiger partial charge in [0.15, 0.2) is 0 Å². The maximum Gasteiger partial charge on any atom is 0.222 e. The number of likely N-dealkylation sites (tertiary alicyclic amines) is 1. The van der Waals surface area contributed by atoms with E-state index in [1.54, 1.807) is 0 Å². The van der Waals surface area contributed by atoms with Crippen LogP contribution in [0.2, 0.25) is 0 Å². The molecule has 0 bridgehead atoms. The van der Waals surface area contributed by atoms with Crippen molar-refractivity contribution >= 4 is 24.4 Å². The number of aryl methyl sites for hydroxylation is 4. The molecule has 1 aliphatic heterocycles. The minimum atomic E-state index is 0.0851. The molecule has 1 aromatic heterocycles. The predicted molar refractivity (Wildman–Crippen MR) is 165 cm³/mol. The van der Waals surface area contributed by atoms with Crippen LogP contribution in [0.1, 0.15) is 78.8 Å². The summed E-state index contributed by atoms with van der Waals surface area (Å²) in [6, 6.07) is 16.8. The Balaban J connectivity index is 0.000000371. The van der Waals surface area contributed by atoms with Gasteiger partial charge in [-0.25, -0.2) is 0 Å². The summed E-state index contributed by atoms with van der Waals surface area (Å²) in [5, 5.41) is 11.5. The predicted octanol–water partition coefficient (Wildman–Crippen LogP) is 5.60. The molecular weight excluding hydrogens is 518 g/mol. The summed E-state index contributed by atoms with van der Waals surface area (Å²) in [6.45, 7) is 9.21. The third-order valence-corrected chi connectivity index (χ3v) is 7.43. The largest absolute Gasteiger partial charge is 0.356 e. The maximum atomic E-state index is 12.1. The Labute approximate surface area is 245 Å². The Kier molecular flexibility index (Phi) is 13.2. The third kappa shape index (κ3) is 10.8. The smallest absolute Gasteiger partial charge is 0.222 e. The second kappa shape index (κ2) is 16.9. The Morgan fingerprint density at radius 3 is 2.40 bits per heavy atom. The van der Waals surface area contributed by atoms with Crippen LogP contribution in [0.3, 0.4) is 0 Å². The zero-order valence-corrected chi connectivity index (χ0v) is 25.3. The van der Waals surface area contributed by atoms with Crippen molar-refractivity contribution in [3.05, 3.63) is 82.4 Å². The van der Waals surface area contributed by atoms with Crippen molar-refractivity contribution in [1.82, 2.24) is 25.0 Å². The zero-order valence-electron chi connectivity index (χ0n) is 24.4. The van der Waals surface area contributed by atoms with Crippen LogP contribution in [0.25, 0.3) is 0 Å². The number of carbonyl (C=O) groups excluding carboxylic acids is 2. The molecule has 4 rings (SSSR count).